The first-order valence-electron chi connectivity index (χ1n) is 6.91. The van der Waals surface area contributed by atoms with Gasteiger partial charge in [0.05, 0.1) is 0 Å². The van der Waals surface area contributed by atoms with Gasteiger partial charge in [0.15, 0.2) is 0 Å². The zero-order chi connectivity index (χ0) is 12.4. The van der Waals surface area contributed by atoms with E-state index >= 15 is 0 Å². The molecule has 0 saturated carbocycles. The van der Waals surface area contributed by atoms with E-state index in [4.69, 9.17) is 5.73 Å². The molecule has 4 nitrogen and oxygen atoms in total. The number of rotatable bonds is 3. The Bertz CT molecular complexity index is 282. The second kappa shape index (κ2) is 5.36. The number of fused-ring (bicyclic) bond motifs is 1. The van der Waals surface area contributed by atoms with Crippen LogP contribution in [0.5, 0.6) is 0 Å². The molecule has 2 heterocycles. The van der Waals surface area contributed by atoms with Crippen molar-refractivity contribution in [3.05, 3.63) is 0 Å². The molecule has 2 fully saturated rings. The SMILES string of the molecule is CCC(N)CC(=O)N1CC2CCCN2CC1C. The van der Waals surface area contributed by atoms with Gasteiger partial charge in [-0.3, -0.25) is 9.69 Å². The molecule has 17 heavy (non-hydrogen) atoms. The van der Waals surface area contributed by atoms with Gasteiger partial charge in [0.25, 0.3) is 0 Å². The minimum Gasteiger partial charge on any atom is -0.337 e. The lowest BCUT2D eigenvalue weighted by molar-refractivity contribution is -0.137. The minimum absolute atomic E-state index is 0.0244. The van der Waals surface area contributed by atoms with Gasteiger partial charge in [0.2, 0.25) is 5.91 Å². The molecule has 2 N–H and O–H groups in total. The fourth-order valence-electron chi connectivity index (χ4n) is 3.02. The highest BCUT2D eigenvalue weighted by molar-refractivity contribution is 5.77. The van der Waals surface area contributed by atoms with Crippen molar-refractivity contribution in [2.45, 2.75) is 57.7 Å². The second-order valence-electron chi connectivity index (χ2n) is 5.56. The summed E-state index contributed by atoms with van der Waals surface area (Å²) in [5.41, 5.74) is 5.87. The van der Waals surface area contributed by atoms with Crippen molar-refractivity contribution >= 4 is 5.91 Å². The maximum Gasteiger partial charge on any atom is 0.224 e. The molecule has 0 aromatic heterocycles. The summed E-state index contributed by atoms with van der Waals surface area (Å²) in [4.78, 5) is 16.8. The molecule has 2 saturated heterocycles. The van der Waals surface area contributed by atoms with E-state index in [0.29, 0.717) is 18.5 Å². The molecule has 2 aliphatic heterocycles. The Morgan fingerprint density at radius 3 is 2.94 bits per heavy atom. The number of carbonyl (C=O) groups excluding carboxylic acids is 1. The molecule has 2 rings (SSSR count). The Morgan fingerprint density at radius 2 is 2.24 bits per heavy atom. The van der Waals surface area contributed by atoms with Gasteiger partial charge in [-0.15, -0.1) is 0 Å². The van der Waals surface area contributed by atoms with Crippen molar-refractivity contribution in [1.82, 2.24) is 9.80 Å². The highest BCUT2D eigenvalue weighted by Gasteiger charge is 2.36. The van der Waals surface area contributed by atoms with Gasteiger partial charge in [-0.25, -0.2) is 0 Å². The number of nitrogens with two attached hydrogens (primary N) is 1. The second-order valence-corrected chi connectivity index (χ2v) is 5.56. The molecule has 4 heteroatoms. The summed E-state index contributed by atoms with van der Waals surface area (Å²) in [6.45, 7) is 7.36. The number of hydrogen-bond acceptors (Lipinski definition) is 3. The monoisotopic (exact) mass is 239 g/mol. The largest absolute Gasteiger partial charge is 0.337 e. The molecule has 0 spiro atoms. The summed E-state index contributed by atoms with van der Waals surface area (Å²) in [5.74, 6) is 0.249. The molecule has 3 unspecified atom stereocenters. The van der Waals surface area contributed by atoms with Crippen molar-refractivity contribution in [2.75, 3.05) is 19.6 Å². The fourth-order valence-corrected chi connectivity index (χ4v) is 3.02. The Hall–Kier alpha value is -0.610. The molecular formula is C13H25N3O. The molecule has 0 aromatic rings. The molecule has 98 valence electrons. The molecule has 0 bridgehead atoms. The van der Waals surface area contributed by atoms with Crippen LogP contribution in [0.3, 0.4) is 0 Å². The topological polar surface area (TPSA) is 49.6 Å². The van der Waals surface area contributed by atoms with Crippen molar-refractivity contribution in [3.63, 3.8) is 0 Å². The molecule has 0 radical (unpaired) electrons. The van der Waals surface area contributed by atoms with E-state index in [1.165, 1.54) is 19.4 Å². The van der Waals surface area contributed by atoms with E-state index in [1.807, 2.05) is 6.92 Å². The van der Waals surface area contributed by atoms with Crippen molar-refractivity contribution in [1.29, 1.82) is 0 Å². The van der Waals surface area contributed by atoms with E-state index < -0.39 is 0 Å². The van der Waals surface area contributed by atoms with Crippen LogP contribution in [-0.2, 0) is 4.79 Å². The van der Waals surface area contributed by atoms with E-state index in [0.717, 1.165) is 19.5 Å². The van der Waals surface area contributed by atoms with Crippen LogP contribution in [0, 0.1) is 0 Å². The maximum absolute atomic E-state index is 12.2. The summed E-state index contributed by atoms with van der Waals surface area (Å²) >= 11 is 0. The van der Waals surface area contributed by atoms with Gasteiger partial charge in [-0.2, -0.15) is 0 Å². The number of carbonyl (C=O) groups is 1. The van der Waals surface area contributed by atoms with Crippen molar-refractivity contribution in [2.24, 2.45) is 5.73 Å². The fraction of sp³-hybridized carbons (Fsp3) is 0.923. The first-order valence-corrected chi connectivity index (χ1v) is 6.91. The van der Waals surface area contributed by atoms with Gasteiger partial charge in [0, 0.05) is 37.6 Å². The summed E-state index contributed by atoms with van der Waals surface area (Å²) in [6, 6.07) is 0.977. The van der Waals surface area contributed by atoms with Crippen LogP contribution >= 0.6 is 0 Å². The van der Waals surface area contributed by atoms with Crippen molar-refractivity contribution in [3.8, 4) is 0 Å². The smallest absolute Gasteiger partial charge is 0.224 e. The summed E-state index contributed by atoms with van der Waals surface area (Å²) < 4.78 is 0. The number of amides is 1. The average Bonchev–Trinajstić information content (AvgIpc) is 2.74. The zero-order valence-electron chi connectivity index (χ0n) is 11.1. The van der Waals surface area contributed by atoms with Gasteiger partial charge < -0.3 is 10.6 Å². The first-order chi connectivity index (χ1) is 8.11. The standard InChI is InChI=1S/C13H25N3O/c1-3-11(14)7-13(17)16-9-12-5-4-6-15(12)8-10(16)2/h10-12H,3-9,14H2,1-2H3. The molecule has 3 atom stereocenters. The summed E-state index contributed by atoms with van der Waals surface area (Å²) in [5, 5.41) is 0. The van der Waals surface area contributed by atoms with Crippen LogP contribution in [0.4, 0.5) is 0 Å². The van der Waals surface area contributed by atoms with Crippen LogP contribution in [0.1, 0.15) is 39.5 Å². The average molecular weight is 239 g/mol. The molecule has 2 aliphatic rings. The van der Waals surface area contributed by atoms with E-state index in [-0.39, 0.29) is 11.9 Å². The van der Waals surface area contributed by atoms with Crippen LogP contribution in [0.25, 0.3) is 0 Å². The minimum atomic E-state index is 0.0244. The summed E-state index contributed by atoms with van der Waals surface area (Å²) in [7, 11) is 0. The normalized spacial score (nSPS) is 31.4. The van der Waals surface area contributed by atoms with Crippen LogP contribution in [-0.4, -0.2) is 53.5 Å². The predicted molar refractivity (Wildman–Crippen MR) is 68.7 cm³/mol. The van der Waals surface area contributed by atoms with Crippen LogP contribution in [0.2, 0.25) is 0 Å². The molecular weight excluding hydrogens is 214 g/mol. The quantitative estimate of drug-likeness (QED) is 0.793. The number of piperazine rings is 1. The van der Waals surface area contributed by atoms with Crippen molar-refractivity contribution < 1.29 is 4.79 Å². The third-order valence-electron chi connectivity index (χ3n) is 4.22. The zero-order valence-corrected chi connectivity index (χ0v) is 11.1. The molecule has 1 amide bonds. The first kappa shape index (κ1) is 12.8. The number of hydrogen-bond donors (Lipinski definition) is 1. The third kappa shape index (κ3) is 2.80. The predicted octanol–water partition coefficient (Wildman–Crippen LogP) is 0.809. The maximum atomic E-state index is 12.2. The van der Waals surface area contributed by atoms with Crippen LogP contribution < -0.4 is 5.73 Å². The lowest BCUT2D eigenvalue weighted by Crippen LogP contribution is -2.57. The van der Waals surface area contributed by atoms with Gasteiger partial charge in [-0.05, 0) is 32.7 Å². The van der Waals surface area contributed by atoms with Gasteiger partial charge in [0.1, 0.15) is 0 Å². The van der Waals surface area contributed by atoms with Crippen LogP contribution in [0.15, 0.2) is 0 Å². The van der Waals surface area contributed by atoms with E-state index in [9.17, 15) is 4.79 Å². The highest BCUT2D eigenvalue weighted by atomic mass is 16.2. The lowest BCUT2D eigenvalue weighted by atomic mass is 10.1. The Morgan fingerprint density at radius 1 is 1.47 bits per heavy atom. The van der Waals surface area contributed by atoms with E-state index in [2.05, 4.69) is 16.7 Å². The molecule has 0 aromatic carbocycles. The Kier molecular flexibility index (Phi) is 4.05. The third-order valence-corrected chi connectivity index (χ3v) is 4.22. The lowest BCUT2D eigenvalue weighted by Gasteiger charge is -2.42. The number of nitrogens with zero attached hydrogens (tertiary/aromatic N) is 2. The summed E-state index contributed by atoms with van der Waals surface area (Å²) in [6.07, 6.45) is 3.92. The Balaban J connectivity index is 1.93. The Labute approximate surface area is 104 Å². The molecule has 0 aliphatic carbocycles. The van der Waals surface area contributed by atoms with E-state index in [1.54, 1.807) is 0 Å². The van der Waals surface area contributed by atoms with Gasteiger partial charge >= 0.3 is 0 Å². The highest BCUT2D eigenvalue weighted by Crippen LogP contribution is 2.25. The van der Waals surface area contributed by atoms with Gasteiger partial charge in [-0.1, -0.05) is 6.92 Å².